The number of rotatable bonds is 5. The summed E-state index contributed by atoms with van der Waals surface area (Å²) in [5, 5.41) is 30.9. The van der Waals surface area contributed by atoms with Gasteiger partial charge in [0.05, 0.1) is 25.5 Å². The molecule has 0 saturated carbocycles. The van der Waals surface area contributed by atoms with Crippen molar-refractivity contribution in [2.45, 2.75) is 37.8 Å². The largest absolute Gasteiger partial charge is 0.493 e. The van der Waals surface area contributed by atoms with E-state index in [0.29, 0.717) is 0 Å². The number of aliphatic hydroxyl groups excluding tert-OH is 2. The molecule has 11 nitrogen and oxygen atoms in total. The van der Waals surface area contributed by atoms with Crippen LogP contribution in [0.4, 0.5) is 0 Å². The average molecular weight is 439 g/mol. The molecule has 3 heterocycles. The number of fused-ring (bicyclic) bond motifs is 1. The first-order chi connectivity index (χ1) is 14.3. The number of hydrogen-bond donors (Lipinski definition) is 4. The monoisotopic (exact) mass is 439 g/mol. The smallest absolute Gasteiger partial charge is 0.475 e. The number of nitrogens with two attached hydrogens (primary N) is 1. The van der Waals surface area contributed by atoms with Gasteiger partial charge in [0.2, 0.25) is 5.88 Å². The molecule has 4 atom stereocenters. The number of aromatic nitrogens is 2. The minimum atomic E-state index is -3.92. The molecule has 2 aliphatic rings. The van der Waals surface area contributed by atoms with Crippen LogP contribution in [0.25, 0.3) is 5.70 Å². The van der Waals surface area contributed by atoms with Crippen LogP contribution >= 0.6 is 7.82 Å². The third-order valence-electron chi connectivity index (χ3n) is 4.95. The molecular weight excluding hydrogens is 417 g/mol. The molecule has 1 aromatic heterocycles. The number of imidazole rings is 1. The first kappa shape index (κ1) is 21.0. The Morgan fingerprint density at radius 1 is 1.27 bits per heavy atom. The molecule has 12 heteroatoms. The Bertz CT molecular complexity index is 965. The van der Waals surface area contributed by atoms with E-state index in [1.165, 1.54) is 6.33 Å². The lowest BCUT2D eigenvalue weighted by atomic mass is 10.1. The summed E-state index contributed by atoms with van der Waals surface area (Å²) in [5.41, 5.74) is 7.27. The quantitative estimate of drug-likeness (QED) is 0.495. The lowest BCUT2D eigenvalue weighted by molar-refractivity contribution is -0.0568. The molecule has 162 valence electrons. The van der Waals surface area contributed by atoms with Crippen LogP contribution in [0.3, 0.4) is 0 Å². The summed E-state index contributed by atoms with van der Waals surface area (Å²) < 4.78 is 35.5. The molecule has 0 aliphatic carbocycles. The van der Waals surface area contributed by atoms with Gasteiger partial charge in [-0.2, -0.15) is 0 Å². The second kappa shape index (κ2) is 8.12. The zero-order valence-corrected chi connectivity index (χ0v) is 16.7. The number of benzene rings is 1. The van der Waals surface area contributed by atoms with E-state index in [9.17, 15) is 19.9 Å². The molecule has 0 bridgehead atoms. The summed E-state index contributed by atoms with van der Waals surface area (Å²) in [5.74, 6) is -0.374. The van der Waals surface area contributed by atoms with Crippen molar-refractivity contribution < 1.29 is 38.2 Å². The van der Waals surface area contributed by atoms with Crippen molar-refractivity contribution in [2.75, 3.05) is 6.61 Å². The van der Waals surface area contributed by atoms with Gasteiger partial charge in [0, 0.05) is 0 Å². The minimum Gasteiger partial charge on any atom is -0.493 e. The van der Waals surface area contributed by atoms with Crippen molar-refractivity contribution in [3.05, 3.63) is 54.0 Å². The molecule has 4 rings (SSSR count). The summed E-state index contributed by atoms with van der Waals surface area (Å²) in [7, 11) is -3.92. The zero-order valence-electron chi connectivity index (χ0n) is 15.8. The highest BCUT2D eigenvalue weighted by molar-refractivity contribution is 7.48. The number of phosphoric acid groups is 1. The molecular formula is C18H22N3O8P. The second-order valence-corrected chi connectivity index (χ2v) is 8.62. The fraction of sp³-hybridized carbons (Fsp3) is 0.389. The number of phosphoric ester groups is 1. The summed E-state index contributed by atoms with van der Waals surface area (Å²) in [6, 6.07) is 7.34. The Balaban J connectivity index is 1.42. The maximum Gasteiger partial charge on any atom is 0.475 e. The highest BCUT2D eigenvalue weighted by atomic mass is 31.2. The van der Waals surface area contributed by atoms with Crippen LogP contribution < -0.4 is 5.73 Å². The van der Waals surface area contributed by atoms with Crippen molar-refractivity contribution in [3.8, 4) is 5.88 Å². The van der Waals surface area contributed by atoms with Gasteiger partial charge in [-0.05, 0) is 11.1 Å². The number of aromatic hydroxyl groups is 1. The standard InChI is InChI=1S/C18H22N3O8P/c1-10(19)14-17(24)21(9-20-14)18-16(23)15(22)13(29-18)8-28-30(25)26-6-11-4-2-3-5-12(11)7-27-30/h2-5,9,13,15-16,18,22-24H,1,6-8,19H2/t13-,15-,16-,18-/m1/s1. The Hall–Kier alpha value is -2.24. The molecule has 5 N–H and O–H groups in total. The van der Waals surface area contributed by atoms with Gasteiger partial charge in [0.25, 0.3) is 0 Å². The molecule has 1 fully saturated rings. The van der Waals surface area contributed by atoms with E-state index < -0.39 is 32.4 Å². The minimum absolute atomic E-state index is 0.0286. The maximum atomic E-state index is 12.8. The summed E-state index contributed by atoms with van der Waals surface area (Å²) in [6.07, 6.45) is -3.85. The fourth-order valence-electron chi connectivity index (χ4n) is 3.28. The summed E-state index contributed by atoms with van der Waals surface area (Å²) in [6.45, 7) is 3.20. The SMILES string of the molecule is C=C(N)c1ncn([C@@H]2O[C@H](COP3(=O)OCc4ccccc4CO3)[C@@H](O)[C@H]2O)c1O. The Morgan fingerprint density at radius 2 is 1.90 bits per heavy atom. The van der Waals surface area contributed by atoms with Crippen LogP contribution in [0.2, 0.25) is 0 Å². The van der Waals surface area contributed by atoms with Crippen molar-refractivity contribution in [1.29, 1.82) is 0 Å². The van der Waals surface area contributed by atoms with Gasteiger partial charge < -0.3 is 25.8 Å². The van der Waals surface area contributed by atoms with Gasteiger partial charge in [-0.15, -0.1) is 0 Å². The highest BCUT2D eigenvalue weighted by Crippen LogP contribution is 2.53. The van der Waals surface area contributed by atoms with E-state index in [2.05, 4.69) is 11.6 Å². The first-order valence-electron chi connectivity index (χ1n) is 9.11. The van der Waals surface area contributed by atoms with Crippen molar-refractivity contribution in [3.63, 3.8) is 0 Å². The zero-order chi connectivity index (χ0) is 21.5. The van der Waals surface area contributed by atoms with Crippen molar-refractivity contribution >= 4 is 13.5 Å². The van der Waals surface area contributed by atoms with Gasteiger partial charge in [0.15, 0.2) is 6.23 Å². The predicted octanol–water partition coefficient (Wildman–Crippen LogP) is 1.01. The van der Waals surface area contributed by atoms with Crippen LogP contribution in [0, 0.1) is 0 Å². The van der Waals surface area contributed by atoms with E-state index in [0.717, 1.165) is 15.7 Å². The van der Waals surface area contributed by atoms with Gasteiger partial charge in [-0.25, -0.2) is 9.55 Å². The van der Waals surface area contributed by atoms with E-state index >= 15 is 0 Å². The lowest BCUT2D eigenvalue weighted by Crippen LogP contribution is -2.33. The number of hydrogen-bond acceptors (Lipinski definition) is 10. The molecule has 0 unspecified atom stereocenters. The molecule has 2 aromatic rings. The van der Waals surface area contributed by atoms with Crippen LogP contribution in [0.5, 0.6) is 5.88 Å². The third kappa shape index (κ3) is 3.88. The van der Waals surface area contributed by atoms with Gasteiger partial charge >= 0.3 is 7.82 Å². The van der Waals surface area contributed by atoms with Crippen LogP contribution in [0.15, 0.2) is 37.2 Å². The lowest BCUT2D eigenvalue weighted by Gasteiger charge is -2.19. The van der Waals surface area contributed by atoms with Crippen LogP contribution in [-0.2, 0) is 36.1 Å². The van der Waals surface area contributed by atoms with Gasteiger partial charge in [-0.3, -0.25) is 18.1 Å². The fourth-order valence-corrected chi connectivity index (χ4v) is 4.42. The Kier molecular flexibility index (Phi) is 5.69. The first-order valence-corrected chi connectivity index (χ1v) is 10.6. The molecule has 30 heavy (non-hydrogen) atoms. The van der Waals surface area contributed by atoms with E-state index in [1.807, 2.05) is 24.3 Å². The predicted molar refractivity (Wildman–Crippen MR) is 103 cm³/mol. The molecule has 0 radical (unpaired) electrons. The molecule has 0 amide bonds. The Morgan fingerprint density at radius 3 is 2.47 bits per heavy atom. The number of nitrogens with zero attached hydrogens (tertiary/aromatic N) is 2. The molecule has 0 spiro atoms. The molecule has 1 saturated heterocycles. The van der Waals surface area contributed by atoms with Crippen LogP contribution in [-0.4, -0.2) is 49.8 Å². The summed E-state index contributed by atoms with van der Waals surface area (Å²) >= 11 is 0. The van der Waals surface area contributed by atoms with E-state index in [-0.39, 0.29) is 37.1 Å². The van der Waals surface area contributed by atoms with Crippen molar-refractivity contribution in [2.24, 2.45) is 5.73 Å². The highest BCUT2D eigenvalue weighted by Gasteiger charge is 2.46. The topological polar surface area (TPSA) is 159 Å². The van der Waals surface area contributed by atoms with Crippen molar-refractivity contribution in [1.82, 2.24) is 9.55 Å². The van der Waals surface area contributed by atoms with E-state index in [1.54, 1.807) is 0 Å². The number of aliphatic hydroxyl groups is 2. The summed E-state index contributed by atoms with van der Waals surface area (Å²) in [4.78, 5) is 3.90. The van der Waals surface area contributed by atoms with E-state index in [4.69, 9.17) is 24.0 Å². The normalized spacial score (nSPS) is 28.1. The molecule has 2 aliphatic heterocycles. The number of ether oxygens (including phenoxy) is 1. The Labute approximate surface area is 171 Å². The van der Waals surface area contributed by atoms with Gasteiger partial charge in [0.1, 0.15) is 30.3 Å². The van der Waals surface area contributed by atoms with Gasteiger partial charge in [-0.1, -0.05) is 30.8 Å². The maximum absolute atomic E-state index is 12.8. The second-order valence-electron chi connectivity index (χ2n) is 6.95. The van der Waals surface area contributed by atoms with Crippen LogP contribution in [0.1, 0.15) is 23.0 Å². The average Bonchev–Trinajstić information content (AvgIpc) is 3.17. The molecule has 1 aromatic carbocycles. The third-order valence-corrected chi connectivity index (χ3v) is 6.31.